The molecular formula is C71H110N4O13. The van der Waals surface area contributed by atoms with Gasteiger partial charge >= 0.3 is 5.97 Å². The third kappa shape index (κ3) is 29.4. The monoisotopic (exact) mass is 1230 g/mol. The van der Waals surface area contributed by atoms with E-state index in [0.717, 1.165) is 42.4 Å². The molecule has 3 aromatic carbocycles. The van der Waals surface area contributed by atoms with Gasteiger partial charge in [-0.05, 0) is 84.9 Å². The highest BCUT2D eigenvalue weighted by Gasteiger charge is 2.40. The van der Waals surface area contributed by atoms with Crippen LogP contribution < -0.4 is 25.4 Å². The number of rotatable bonds is 46. The summed E-state index contributed by atoms with van der Waals surface area (Å²) in [6, 6.07) is 23.9. The number of nitrogens with one attached hydrogen (secondary N) is 3. The average molecular weight is 1230 g/mol. The first kappa shape index (κ1) is 73.1. The molecule has 3 N–H and O–H groups in total. The van der Waals surface area contributed by atoms with Crippen LogP contribution in [0.25, 0.3) is 0 Å². The second-order valence-electron chi connectivity index (χ2n) is 23.8. The number of methoxy groups -OCH3 is 2. The van der Waals surface area contributed by atoms with Crippen LogP contribution in [-0.2, 0) is 58.0 Å². The van der Waals surface area contributed by atoms with Gasteiger partial charge in [0.25, 0.3) is 0 Å². The van der Waals surface area contributed by atoms with Crippen molar-refractivity contribution in [3.8, 4) is 11.5 Å². The molecule has 5 rings (SSSR count). The lowest BCUT2D eigenvalue weighted by atomic mass is 9.80. The van der Waals surface area contributed by atoms with Crippen LogP contribution in [0.15, 0.2) is 78.9 Å². The SMILES string of the molecule is CCCCCCCCCCCCCCCC(=O)NCCOCCOCCOCCOCCC(=O)N[C@@H](COC(c1ccccc1)(c1ccc(OC)cc1)c1ccc(OC)cc1)C(=O)N1CCC(COC(=O)CCC(=O)NCC2CCCCCCCC2)CC1. The molecule has 1 heterocycles. The van der Waals surface area contributed by atoms with Gasteiger partial charge in [0, 0.05) is 45.4 Å². The normalized spacial score (nSPS) is 14.7. The fourth-order valence-corrected chi connectivity index (χ4v) is 11.6. The minimum atomic E-state index is -1.25. The second-order valence-corrected chi connectivity index (χ2v) is 23.8. The van der Waals surface area contributed by atoms with Crippen LogP contribution >= 0.6 is 0 Å². The van der Waals surface area contributed by atoms with E-state index < -0.39 is 17.6 Å². The Labute approximate surface area is 527 Å². The number of unbranched alkanes of at least 4 members (excludes halogenated alkanes) is 12. The number of benzene rings is 3. The van der Waals surface area contributed by atoms with Crippen molar-refractivity contribution in [2.45, 2.75) is 192 Å². The molecule has 17 nitrogen and oxygen atoms in total. The molecule has 88 heavy (non-hydrogen) atoms. The summed E-state index contributed by atoms with van der Waals surface area (Å²) in [5.74, 6) is 0.723. The highest BCUT2D eigenvalue weighted by molar-refractivity contribution is 5.88. The van der Waals surface area contributed by atoms with Crippen molar-refractivity contribution in [2.75, 3.05) is 106 Å². The van der Waals surface area contributed by atoms with Gasteiger partial charge in [-0.15, -0.1) is 0 Å². The first-order valence-corrected chi connectivity index (χ1v) is 33.7. The second kappa shape index (κ2) is 45.6. The summed E-state index contributed by atoms with van der Waals surface area (Å²) in [6.45, 7) is 6.86. The Balaban J connectivity index is 1.03. The zero-order valence-electron chi connectivity index (χ0n) is 54.0. The summed E-state index contributed by atoms with van der Waals surface area (Å²) in [4.78, 5) is 68.1. The van der Waals surface area contributed by atoms with Gasteiger partial charge in [0.1, 0.15) is 23.1 Å². The van der Waals surface area contributed by atoms with E-state index >= 15 is 0 Å². The first-order valence-electron chi connectivity index (χ1n) is 33.7. The summed E-state index contributed by atoms with van der Waals surface area (Å²) in [5.41, 5.74) is 1.11. The first-order chi connectivity index (χ1) is 43.1. The highest BCUT2D eigenvalue weighted by Crippen LogP contribution is 2.42. The fourth-order valence-electron chi connectivity index (χ4n) is 11.6. The zero-order valence-corrected chi connectivity index (χ0v) is 54.0. The molecule has 1 aliphatic carbocycles. The summed E-state index contributed by atoms with van der Waals surface area (Å²) < 4.78 is 46.7. The van der Waals surface area contributed by atoms with Crippen LogP contribution in [0.5, 0.6) is 11.5 Å². The number of ether oxygens (including phenoxy) is 8. The highest BCUT2D eigenvalue weighted by atomic mass is 16.6. The standard InChI is InChI=1S/C71H110N4O13/c1-4-5-6-7-8-9-10-11-12-13-14-19-25-30-66(76)72-44-48-84-50-52-86-54-53-85-51-49-83-47-43-68(78)74-65(57-88-71(60-28-23-20-24-29-60,61-31-35-63(81-2)36-32-61)62-33-37-64(82-3)38-34-62)70(80)75-45-41-59(42-46-75)56-87-69(79)40-39-67(77)73-55-58-26-21-17-15-16-18-22-27-58/h20,23-24,28-29,31-38,58-59,65H,4-19,21-22,25-27,30,39-57H2,1-3H3,(H,72,76)(H,73,77)(H,74,78)/t65-/m0/s1. The van der Waals surface area contributed by atoms with E-state index in [-0.39, 0.29) is 75.2 Å². The molecule has 1 saturated heterocycles. The lowest BCUT2D eigenvalue weighted by molar-refractivity contribution is -0.148. The van der Waals surface area contributed by atoms with E-state index in [1.165, 1.54) is 109 Å². The number of hydrogen-bond acceptors (Lipinski definition) is 13. The van der Waals surface area contributed by atoms with Crippen molar-refractivity contribution < 1.29 is 61.9 Å². The summed E-state index contributed by atoms with van der Waals surface area (Å²) in [6.07, 6.45) is 28.3. The van der Waals surface area contributed by atoms with Crippen molar-refractivity contribution in [2.24, 2.45) is 11.8 Å². The molecule has 3 aromatic rings. The van der Waals surface area contributed by atoms with Crippen LogP contribution in [0.3, 0.4) is 0 Å². The predicted molar refractivity (Wildman–Crippen MR) is 344 cm³/mol. The maximum atomic E-state index is 14.8. The number of carbonyl (C=O) groups is 5. The number of nitrogens with zero attached hydrogens (tertiary/aromatic N) is 1. The lowest BCUT2D eigenvalue weighted by Gasteiger charge is -2.38. The van der Waals surface area contributed by atoms with Crippen molar-refractivity contribution in [3.05, 3.63) is 95.6 Å². The topological polar surface area (TPSA) is 199 Å². The fraction of sp³-hybridized carbons (Fsp3) is 0.676. The number of hydrogen-bond donors (Lipinski definition) is 3. The number of piperidine rings is 1. The van der Waals surface area contributed by atoms with Gasteiger partial charge in [0.15, 0.2) is 0 Å². The minimum absolute atomic E-state index is 0.00749. The van der Waals surface area contributed by atoms with Crippen LogP contribution in [0.1, 0.15) is 197 Å². The molecule has 1 aliphatic heterocycles. The number of amides is 4. The van der Waals surface area contributed by atoms with Gasteiger partial charge in [0.05, 0.1) is 86.7 Å². The summed E-state index contributed by atoms with van der Waals surface area (Å²) in [7, 11) is 3.22. The van der Waals surface area contributed by atoms with E-state index in [2.05, 4.69) is 22.9 Å². The van der Waals surface area contributed by atoms with Crippen LogP contribution in [-0.4, -0.2) is 147 Å². The lowest BCUT2D eigenvalue weighted by Crippen LogP contribution is -2.54. The zero-order chi connectivity index (χ0) is 62.5. The molecule has 0 unspecified atom stereocenters. The van der Waals surface area contributed by atoms with Crippen molar-refractivity contribution >= 4 is 29.6 Å². The third-order valence-electron chi connectivity index (χ3n) is 17.0. The summed E-state index contributed by atoms with van der Waals surface area (Å²) in [5, 5.41) is 9.01. The molecule has 17 heteroatoms. The van der Waals surface area contributed by atoms with E-state index in [9.17, 15) is 24.0 Å². The Morgan fingerprint density at radius 1 is 0.500 bits per heavy atom. The Bertz CT molecular complexity index is 2280. The Kier molecular flexibility index (Phi) is 37.9. The molecular weight excluding hydrogens is 1120 g/mol. The van der Waals surface area contributed by atoms with Crippen LogP contribution in [0.2, 0.25) is 0 Å². The number of esters is 1. The minimum Gasteiger partial charge on any atom is -0.497 e. The molecule has 1 saturated carbocycles. The van der Waals surface area contributed by atoms with Crippen molar-refractivity contribution in [1.29, 1.82) is 0 Å². The van der Waals surface area contributed by atoms with Gasteiger partial charge in [0.2, 0.25) is 23.6 Å². The number of likely N-dealkylation sites (tertiary alicyclic amines) is 1. The van der Waals surface area contributed by atoms with E-state index in [1.807, 2.05) is 78.9 Å². The van der Waals surface area contributed by atoms with Gasteiger partial charge in [-0.25, -0.2) is 0 Å². The molecule has 2 fully saturated rings. The molecule has 0 radical (unpaired) electrons. The molecule has 4 amide bonds. The number of carbonyl (C=O) groups excluding carboxylic acids is 5. The van der Waals surface area contributed by atoms with Crippen LogP contribution in [0, 0.1) is 11.8 Å². The van der Waals surface area contributed by atoms with E-state index in [0.29, 0.717) is 102 Å². The maximum absolute atomic E-state index is 14.8. The molecule has 1 atom stereocenters. The van der Waals surface area contributed by atoms with Gasteiger partial charge in [-0.1, -0.05) is 177 Å². The molecule has 0 aromatic heterocycles. The van der Waals surface area contributed by atoms with E-state index in [4.69, 9.17) is 37.9 Å². The Morgan fingerprint density at radius 3 is 1.53 bits per heavy atom. The van der Waals surface area contributed by atoms with Crippen molar-refractivity contribution in [1.82, 2.24) is 20.9 Å². The molecule has 492 valence electrons. The van der Waals surface area contributed by atoms with Crippen molar-refractivity contribution in [3.63, 3.8) is 0 Å². The maximum Gasteiger partial charge on any atom is 0.306 e. The molecule has 2 aliphatic rings. The third-order valence-corrected chi connectivity index (χ3v) is 17.0. The Morgan fingerprint density at radius 2 is 0.989 bits per heavy atom. The smallest absolute Gasteiger partial charge is 0.306 e. The largest absolute Gasteiger partial charge is 0.497 e. The average Bonchev–Trinajstić information content (AvgIpc) is 0.886. The van der Waals surface area contributed by atoms with Gasteiger partial charge in [-0.3, -0.25) is 24.0 Å². The molecule has 0 spiro atoms. The summed E-state index contributed by atoms with van der Waals surface area (Å²) >= 11 is 0. The van der Waals surface area contributed by atoms with Gasteiger partial charge < -0.3 is 58.7 Å². The predicted octanol–water partition coefficient (Wildman–Crippen LogP) is 12.0. The van der Waals surface area contributed by atoms with E-state index in [1.54, 1.807) is 19.1 Å². The van der Waals surface area contributed by atoms with Gasteiger partial charge in [-0.2, -0.15) is 0 Å². The van der Waals surface area contributed by atoms with Crippen LogP contribution in [0.4, 0.5) is 0 Å². The molecule has 0 bridgehead atoms. The quantitative estimate of drug-likeness (QED) is 0.0275. The Hall–Kier alpha value is -5.59.